The molecule has 2 heterocycles. The molecule has 3 aromatic rings. The molecule has 3 aromatic carbocycles. The van der Waals surface area contributed by atoms with Crippen LogP contribution in [-0.2, 0) is 11.2 Å². The standard InChI is InChI=1S/C26H23N3O4S/c30-24-23(34-26(32)27-24)16-18-10-12-20(13-11-18)33-15-14-28-17-29(19-6-2-1-3-7-19)22-9-5-4-8-21(22)25(28)31/h1-13,23H,14-17H2,(H,27,30,32). The monoisotopic (exact) mass is 473 g/mol. The van der Waals surface area contributed by atoms with Crippen molar-refractivity contribution in [3.05, 3.63) is 90.0 Å². The highest BCUT2D eigenvalue weighted by molar-refractivity contribution is 8.15. The van der Waals surface area contributed by atoms with Gasteiger partial charge in [-0.15, -0.1) is 0 Å². The predicted octanol–water partition coefficient (Wildman–Crippen LogP) is 4.21. The van der Waals surface area contributed by atoms with Gasteiger partial charge in [0, 0.05) is 5.69 Å². The van der Waals surface area contributed by atoms with Gasteiger partial charge in [-0.05, 0) is 48.4 Å². The Morgan fingerprint density at radius 2 is 1.65 bits per heavy atom. The van der Waals surface area contributed by atoms with E-state index in [1.807, 2.05) is 78.9 Å². The summed E-state index contributed by atoms with van der Waals surface area (Å²) < 4.78 is 5.90. The second-order valence-electron chi connectivity index (χ2n) is 8.07. The number of ether oxygens (including phenoxy) is 1. The molecule has 2 aliphatic heterocycles. The number of benzene rings is 3. The van der Waals surface area contributed by atoms with Crippen LogP contribution < -0.4 is 15.0 Å². The van der Waals surface area contributed by atoms with E-state index in [-0.39, 0.29) is 22.3 Å². The van der Waals surface area contributed by atoms with Gasteiger partial charge in [0.2, 0.25) is 5.91 Å². The third-order valence-corrected chi connectivity index (χ3v) is 6.82. The Balaban J connectivity index is 1.21. The van der Waals surface area contributed by atoms with E-state index in [9.17, 15) is 14.4 Å². The molecule has 1 N–H and O–H groups in total. The zero-order valence-corrected chi connectivity index (χ0v) is 19.2. The first kappa shape index (κ1) is 22.0. The van der Waals surface area contributed by atoms with Crippen molar-refractivity contribution in [1.82, 2.24) is 10.2 Å². The van der Waals surface area contributed by atoms with E-state index in [1.165, 1.54) is 0 Å². The summed E-state index contributed by atoms with van der Waals surface area (Å²) in [7, 11) is 0. The minimum Gasteiger partial charge on any atom is -0.492 e. The Morgan fingerprint density at radius 3 is 2.38 bits per heavy atom. The van der Waals surface area contributed by atoms with E-state index >= 15 is 0 Å². The smallest absolute Gasteiger partial charge is 0.286 e. The van der Waals surface area contributed by atoms with Crippen LogP contribution in [0.1, 0.15) is 15.9 Å². The van der Waals surface area contributed by atoms with Crippen molar-refractivity contribution in [2.75, 3.05) is 24.7 Å². The lowest BCUT2D eigenvalue weighted by atomic mass is 10.1. The van der Waals surface area contributed by atoms with E-state index in [0.717, 1.165) is 28.7 Å². The maximum Gasteiger partial charge on any atom is 0.286 e. The number of anilines is 2. The average molecular weight is 474 g/mol. The highest BCUT2D eigenvalue weighted by Gasteiger charge is 2.31. The summed E-state index contributed by atoms with van der Waals surface area (Å²) in [5.74, 6) is 0.435. The number of hydrogen-bond donors (Lipinski definition) is 1. The van der Waals surface area contributed by atoms with E-state index in [0.29, 0.717) is 37.6 Å². The number of amides is 3. The summed E-state index contributed by atoms with van der Waals surface area (Å²) in [5.41, 5.74) is 3.56. The van der Waals surface area contributed by atoms with Crippen LogP contribution in [0.4, 0.5) is 16.2 Å². The van der Waals surface area contributed by atoms with Crippen LogP contribution in [0.2, 0.25) is 0 Å². The molecule has 8 heteroatoms. The normalized spacial score (nSPS) is 17.5. The Bertz CT molecular complexity index is 1220. The van der Waals surface area contributed by atoms with Crippen molar-refractivity contribution in [3.8, 4) is 5.75 Å². The van der Waals surface area contributed by atoms with E-state index in [1.54, 1.807) is 4.90 Å². The van der Waals surface area contributed by atoms with Crippen molar-refractivity contribution in [3.63, 3.8) is 0 Å². The number of imide groups is 1. The van der Waals surface area contributed by atoms with Crippen LogP contribution in [0.15, 0.2) is 78.9 Å². The summed E-state index contributed by atoms with van der Waals surface area (Å²) in [6, 6.07) is 25.1. The molecule has 5 rings (SSSR count). The topological polar surface area (TPSA) is 79.0 Å². The summed E-state index contributed by atoms with van der Waals surface area (Å²) >= 11 is 1.02. The molecular formula is C26H23N3O4S. The lowest BCUT2D eigenvalue weighted by molar-refractivity contribution is -0.118. The van der Waals surface area contributed by atoms with Gasteiger partial charge in [0.15, 0.2) is 0 Å². The number of rotatable bonds is 7. The van der Waals surface area contributed by atoms with Gasteiger partial charge in [-0.3, -0.25) is 19.7 Å². The first-order chi connectivity index (χ1) is 16.6. The molecular weight excluding hydrogens is 450 g/mol. The van der Waals surface area contributed by atoms with Gasteiger partial charge < -0.3 is 14.5 Å². The van der Waals surface area contributed by atoms with Crippen molar-refractivity contribution < 1.29 is 19.1 Å². The second-order valence-corrected chi connectivity index (χ2v) is 9.25. The molecule has 172 valence electrons. The molecule has 0 saturated carbocycles. The summed E-state index contributed by atoms with van der Waals surface area (Å²) in [6.45, 7) is 1.24. The van der Waals surface area contributed by atoms with Crippen molar-refractivity contribution in [2.24, 2.45) is 0 Å². The number of thioether (sulfide) groups is 1. The number of nitrogens with one attached hydrogen (secondary N) is 1. The first-order valence-electron chi connectivity index (χ1n) is 11.0. The molecule has 7 nitrogen and oxygen atoms in total. The Labute approximate surface area is 201 Å². The van der Waals surface area contributed by atoms with Gasteiger partial charge in [0.25, 0.3) is 11.1 Å². The number of carbonyl (C=O) groups is 3. The van der Waals surface area contributed by atoms with Gasteiger partial charge in [-0.2, -0.15) is 0 Å². The van der Waals surface area contributed by atoms with Crippen LogP contribution in [0.3, 0.4) is 0 Å². The van der Waals surface area contributed by atoms with E-state index in [4.69, 9.17) is 4.74 Å². The van der Waals surface area contributed by atoms with Crippen LogP contribution in [-0.4, -0.2) is 47.0 Å². The van der Waals surface area contributed by atoms with Gasteiger partial charge in [-0.25, -0.2) is 0 Å². The lowest BCUT2D eigenvalue weighted by Gasteiger charge is -2.38. The van der Waals surface area contributed by atoms with Crippen molar-refractivity contribution in [2.45, 2.75) is 11.7 Å². The minimum absolute atomic E-state index is 0.0105. The van der Waals surface area contributed by atoms with Crippen molar-refractivity contribution >= 4 is 40.2 Å². The molecule has 1 atom stereocenters. The van der Waals surface area contributed by atoms with Crippen LogP contribution in [0.5, 0.6) is 5.75 Å². The zero-order valence-electron chi connectivity index (χ0n) is 18.3. The maximum absolute atomic E-state index is 13.1. The lowest BCUT2D eigenvalue weighted by Crippen LogP contribution is -2.46. The van der Waals surface area contributed by atoms with E-state index < -0.39 is 0 Å². The largest absolute Gasteiger partial charge is 0.492 e. The highest BCUT2D eigenvalue weighted by Crippen LogP contribution is 2.33. The summed E-state index contributed by atoms with van der Waals surface area (Å²) in [6.07, 6.45) is 0.486. The third kappa shape index (κ3) is 4.63. The average Bonchev–Trinajstić information content (AvgIpc) is 3.18. The molecule has 34 heavy (non-hydrogen) atoms. The molecule has 2 aliphatic rings. The fourth-order valence-electron chi connectivity index (χ4n) is 4.11. The molecule has 1 fully saturated rings. The van der Waals surface area contributed by atoms with Crippen LogP contribution in [0.25, 0.3) is 0 Å². The Morgan fingerprint density at radius 1 is 0.912 bits per heavy atom. The molecule has 0 spiro atoms. The number of fused-ring (bicyclic) bond motifs is 1. The van der Waals surface area contributed by atoms with Gasteiger partial charge >= 0.3 is 0 Å². The molecule has 1 saturated heterocycles. The number of hydrogen-bond acceptors (Lipinski definition) is 6. The number of para-hydroxylation sites is 2. The Kier molecular flexibility index (Phi) is 6.22. The highest BCUT2D eigenvalue weighted by atomic mass is 32.2. The summed E-state index contributed by atoms with van der Waals surface area (Å²) in [4.78, 5) is 40.1. The minimum atomic E-state index is -0.389. The Hall–Kier alpha value is -3.78. The SMILES string of the molecule is O=C1NC(=O)C(Cc2ccc(OCCN3CN(c4ccccc4)c4ccccc4C3=O)cc2)S1. The quantitative estimate of drug-likeness (QED) is 0.554. The van der Waals surface area contributed by atoms with Gasteiger partial charge in [0.1, 0.15) is 12.4 Å². The predicted molar refractivity (Wildman–Crippen MR) is 131 cm³/mol. The number of carbonyl (C=O) groups excluding carboxylic acids is 3. The van der Waals surface area contributed by atoms with Crippen LogP contribution >= 0.6 is 11.8 Å². The van der Waals surface area contributed by atoms with Crippen LogP contribution in [0, 0.1) is 0 Å². The zero-order chi connectivity index (χ0) is 23.5. The maximum atomic E-state index is 13.1. The second kappa shape index (κ2) is 9.61. The fourth-order valence-corrected chi connectivity index (χ4v) is 4.97. The third-order valence-electron chi connectivity index (χ3n) is 5.83. The van der Waals surface area contributed by atoms with Crippen molar-refractivity contribution in [1.29, 1.82) is 0 Å². The molecule has 0 radical (unpaired) electrons. The first-order valence-corrected chi connectivity index (χ1v) is 11.9. The molecule has 0 aromatic heterocycles. The fraction of sp³-hybridized carbons (Fsp3) is 0.192. The molecule has 0 aliphatic carbocycles. The number of nitrogens with zero attached hydrogens (tertiary/aromatic N) is 2. The molecule has 3 amide bonds. The summed E-state index contributed by atoms with van der Waals surface area (Å²) in [5, 5.41) is 1.62. The van der Waals surface area contributed by atoms with Gasteiger partial charge in [0.05, 0.1) is 29.7 Å². The van der Waals surface area contributed by atoms with Gasteiger partial charge in [-0.1, -0.05) is 54.2 Å². The van der Waals surface area contributed by atoms with E-state index in [2.05, 4.69) is 10.2 Å². The molecule has 0 bridgehead atoms. The molecule has 1 unspecified atom stereocenters.